The maximum absolute atomic E-state index is 3.82. The highest BCUT2D eigenvalue weighted by Gasteiger charge is 2.57. The molecule has 2 aromatic carbocycles. The number of rotatable bonds is 8. The molecule has 4 rings (SSSR count). The van der Waals surface area contributed by atoms with Gasteiger partial charge >= 0.3 is 0 Å². The smallest absolute Gasteiger partial charge is 0.0273 e. The van der Waals surface area contributed by atoms with E-state index < -0.39 is 7.92 Å². The molecule has 1 N–H and O–H groups in total. The first-order chi connectivity index (χ1) is 18.7. The van der Waals surface area contributed by atoms with Gasteiger partial charge in [-0.05, 0) is 67.9 Å². The molecular formula is C38H54NP. The topological polar surface area (TPSA) is 12.0 Å². The fourth-order valence-electron chi connectivity index (χ4n) is 7.75. The Morgan fingerprint density at radius 2 is 1.38 bits per heavy atom. The normalized spacial score (nSPS) is 30.8. The zero-order chi connectivity index (χ0) is 29.6. The van der Waals surface area contributed by atoms with Crippen molar-refractivity contribution in [3.63, 3.8) is 0 Å². The van der Waals surface area contributed by atoms with Crippen molar-refractivity contribution >= 4 is 18.5 Å². The Bertz CT molecular complexity index is 1220. The predicted molar refractivity (Wildman–Crippen MR) is 179 cm³/mol. The van der Waals surface area contributed by atoms with Crippen LogP contribution in [0.25, 0.3) is 0 Å². The van der Waals surface area contributed by atoms with Gasteiger partial charge in [0.2, 0.25) is 0 Å². The summed E-state index contributed by atoms with van der Waals surface area (Å²) in [5.74, 6) is 0.873. The van der Waals surface area contributed by atoms with E-state index in [1.165, 1.54) is 10.6 Å². The van der Waals surface area contributed by atoms with Crippen LogP contribution in [0.3, 0.4) is 0 Å². The summed E-state index contributed by atoms with van der Waals surface area (Å²) in [5, 5.41) is 6.75. The van der Waals surface area contributed by atoms with Crippen molar-refractivity contribution in [1.82, 2.24) is 5.32 Å². The van der Waals surface area contributed by atoms with E-state index in [0.29, 0.717) is 11.8 Å². The van der Waals surface area contributed by atoms with Crippen LogP contribution in [0.2, 0.25) is 0 Å². The third-order valence-electron chi connectivity index (χ3n) is 11.1. The highest BCUT2D eigenvalue weighted by atomic mass is 31.1. The van der Waals surface area contributed by atoms with E-state index in [2.05, 4.69) is 167 Å². The van der Waals surface area contributed by atoms with Gasteiger partial charge in [-0.25, -0.2) is 0 Å². The van der Waals surface area contributed by atoms with Gasteiger partial charge in [-0.1, -0.05) is 153 Å². The van der Waals surface area contributed by atoms with Crippen molar-refractivity contribution in [3.8, 4) is 0 Å². The molecule has 0 radical (unpaired) electrons. The molecule has 1 nitrogen and oxygen atoms in total. The molecule has 0 aromatic heterocycles. The van der Waals surface area contributed by atoms with Crippen LogP contribution >= 0.6 is 7.92 Å². The van der Waals surface area contributed by atoms with Gasteiger partial charge < -0.3 is 5.32 Å². The number of benzene rings is 2. The Morgan fingerprint density at radius 1 is 0.850 bits per heavy atom. The van der Waals surface area contributed by atoms with Crippen molar-refractivity contribution < 1.29 is 0 Å². The van der Waals surface area contributed by atoms with E-state index in [0.717, 1.165) is 12.6 Å². The zero-order valence-electron chi connectivity index (χ0n) is 27.1. The average Bonchev–Trinajstić information content (AvgIpc) is 2.95. The molecule has 2 aliphatic rings. The molecule has 2 aliphatic carbocycles. The minimum atomic E-state index is -0.534. The Kier molecular flexibility index (Phi) is 8.55. The molecule has 0 spiro atoms. The van der Waals surface area contributed by atoms with Gasteiger partial charge in [0.15, 0.2) is 0 Å². The van der Waals surface area contributed by atoms with Crippen LogP contribution in [-0.2, 0) is 0 Å². The molecule has 6 unspecified atom stereocenters. The van der Waals surface area contributed by atoms with Gasteiger partial charge in [0.1, 0.15) is 0 Å². The quantitative estimate of drug-likeness (QED) is 0.253. The summed E-state index contributed by atoms with van der Waals surface area (Å²) in [4.78, 5) is 0. The monoisotopic (exact) mass is 555 g/mol. The molecule has 0 aliphatic heterocycles. The van der Waals surface area contributed by atoms with Crippen molar-refractivity contribution in [3.05, 3.63) is 96.1 Å². The van der Waals surface area contributed by atoms with E-state index in [1.54, 1.807) is 11.1 Å². The maximum Gasteiger partial charge on any atom is 0.0273 e. The number of nitrogens with one attached hydrogen (secondary N) is 1. The van der Waals surface area contributed by atoms with Crippen LogP contribution in [0.4, 0.5) is 0 Å². The molecule has 2 heteroatoms. The number of allylic oxidation sites excluding steroid dienone is 4. The Hall–Kier alpha value is -1.95. The van der Waals surface area contributed by atoms with Crippen LogP contribution in [0.5, 0.6) is 0 Å². The summed E-state index contributed by atoms with van der Waals surface area (Å²) in [6.07, 6.45) is 12.5. The fraction of sp³-hybridized carbons (Fsp3) is 0.526. The maximum atomic E-state index is 3.82. The van der Waals surface area contributed by atoms with E-state index in [-0.39, 0.29) is 27.2 Å². The van der Waals surface area contributed by atoms with Gasteiger partial charge in [0, 0.05) is 21.8 Å². The first kappa shape index (κ1) is 31.0. The van der Waals surface area contributed by atoms with E-state index in [4.69, 9.17) is 0 Å². The number of hydrogen-bond donors (Lipinski definition) is 1. The zero-order valence-corrected chi connectivity index (χ0v) is 28.0. The van der Waals surface area contributed by atoms with Gasteiger partial charge in [-0.15, -0.1) is 0 Å². The average molecular weight is 556 g/mol. The van der Waals surface area contributed by atoms with Crippen LogP contribution in [0.1, 0.15) is 75.7 Å². The highest BCUT2D eigenvalue weighted by Crippen LogP contribution is 2.64. The molecule has 216 valence electrons. The second-order valence-electron chi connectivity index (χ2n) is 14.5. The van der Waals surface area contributed by atoms with Crippen molar-refractivity contribution in [2.24, 2.45) is 33.5 Å². The molecule has 0 saturated heterocycles. The highest BCUT2D eigenvalue weighted by molar-refractivity contribution is 7.73. The number of hydrogen-bond acceptors (Lipinski definition) is 1. The lowest BCUT2D eigenvalue weighted by Gasteiger charge is -2.60. The lowest BCUT2D eigenvalue weighted by Crippen LogP contribution is -2.59. The second-order valence-corrected chi connectivity index (χ2v) is 16.7. The second kappa shape index (κ2) is 11.0. The van der Waals surface area contributed by atoms with Crippen LogP contribution in [0.15, 0.2) is 96.1 Å². The summed E-state index contributed by atoms with van der Waals surface area (Å²) in [7, 11) is 1.63. The van der Waals surface area contributed by atoms with Crippen molar-refractivity contribution in [1.29, 1.82) is 0 Å². The third-order valence-corrected chi connectivity index (χ3v) is 14.0. The van der Waals surface area contributed by atoms with Gasteiger partial charge in [0.25, 0.3) is 0 Å². The Morgan fingerprint density at radius 3 is 1.82 bits per heavy atom. The lowest BCUT2D eigenvalue weighted by molar-refractivity contribution is 0.101. The molecular weight excluding hydrogens is 501 g/mol. The Balaban J connectivity index is 2.00. The standard InChI is InChI=1S/C38H54NP/c1-12-38(10,39-11)37(9)24-23-28(2)32-33(37)36(8,29(3)34(4,5)6)26-25-35(32,7)27-40(30-19-15-13-16-20-30)31-21-17-14-18-22-31/h13-26,28-29,39H,12,27H2,1-11H3. The summed E-state index contributed by atoms with van der Waals surface area (Å²) in [5.41, 5.74) is 3.25. The summed E-state index contributed by atoms with van der Waals surface area (Å²) < 4.78 is 0. The SMILES string of the molecule is CCC(C)(NC)C1(C)C=CC(C)C2=C1C(C)(C(C)C(C)(C)C)C=CC2(C)CP(c1ccccc1)c1ccccc1. The summed E-state index contributed by atoms with van der Waals surface area (Å²) in [6, 6.07) is 22.5. The van der Waals surface area contributed by atoms with Gasteiger partial charge in [-0.3, -0.25) is 0 Å². The van der Waals surface area contributed by atoms with E-state index in [9.17, 15) is 0 Å². The van der Waals surface area contributed by atoms with E-state index in [1.807, 2.05) is 0 Å². The summed E-state index contributed by atoms with van der Waals surface area (Å²) in [6.45, 7) is 24.6. The van der Waals surface area contributed by atoms with Crippen LogP contribution in [-0.4, -0.2) is 18.7 Å². The first-order valence-corrected chi connectivity index (χ1v) is 16.9. The van der Waals surface area contributed by atoms with Crippen LogP contribution in [0, 0.1) is 33.5 Å². The minimum absolute atomic E-state index is 0.0440. The Labute approximate surface area is 247 Å². The minimum Gasteiger partial charge on any atom is -0.313 e. The molecule has 0 saturated carbocycles. The van der Waals surface area contributed by atoms with Gasteiger partial charge in [-0.2, -0.15) is 0 Å². The largest absolute Gasteiger partial charge is 0.313 e. The molecule has 0 heterocycles. The lowest BCUT2D eigenvalue weighted by atomic mass is 9.46. The van der Waals surface area contributed by atoms with Crippen molar-refractivity contribution in [2.75, 3.05) is 13.2 Å². The fourth-order valence-corrected chi connectivity index (χ4v) is 10.4. The van der Waals surface area contributed by atoms with Crippen LogP contribution < -0.4 is 15.9 Å². The van der Waals surface area contributed by atoms with Gasteiger partial charge in [0.05, 0.1) is 0 Å². The third kappa shape index (κ3) is 5.12. The first-order valence-electron chi connectivity index (χ1n) is 15.4. The molecule has 0 amide bonds. The summed E-state index contributed by atoms with van der Waals surface area (Å²) >= 11 is 0. The molecule has 2 aromatic rings. The molecule has 40 heavy (non-hydrogen) atoms. The molecule has 6 atom stereocenters. The molecule has 0 bridgehead atoms. The predicted octanol–water partition coefficient (Wildman–Crippen LogP) is 9.28. The van der Waals surface area contributed by atoms with Crippen molar-refractivity contribution in [2.45, 2.75) is 81.2 Å². The molecule has 0 fully saturated rings. The van der Waals surface area contributed by atoms with E-state index >= 15 is 0 Å².